The largest absolute Gasteiger partial charge is 0.319 e. The van der Waals surface area contributed by atoms with Crippen LogP contribution in [0.5, 0.6) is 0 Å². The highest BCUT2D eigenvalue weighted by atomic mass is 32.1. The fraction of sp³-hybridized carbons (Fsp3) is 0.0526. The van der Waals surface area contributed by atoms with Crippen molar-refractivity contribution in [2.24, 2.45) is 0 Å². The summed E-state index contributed by atoms with van der Waals surface area (Å²) >= 11 is 1.53. The number of nitrogens with zero attached hydrogens (tertiary/aromatic N) is 7. The van der Waals surface area contributed by atoms with Crippen LogP contribution >= 0.6 is 11.3 Å². The smallest absolute Gasteiger partial charge is 0.285 e. The molecule has 10 rings (SSSR count). The Labute approximate surface area is 286 Å². The molecule has 8 aromatic rings. The predicted octanol–water partition coefficient (Wildman–Crippen LogP) is 7.12. The fourth-order valence-corrected chi connectivity index (χ4v) is 8.56. The fourth-order valence-electron chi connectivity index (χ4n) is 7.28. The molecule has 0 bridgehead atoms. The first kappa shape index (κ1) is 19.7. The Morgan fingerprint density at radius 3 is 2.11 bits per heavy atom. The highest BCUT2D eigenvalue weighted by Gasteiger charge is 2.48. The summed E-state index contributed by atoms with van der Waals surface area (Å²) in [5.41, 5.74) is 7.86. The summed E-state index contributed by atoms with van der Waals surface area (Å²) in [6, 6.07) is 15.1. The molecule has 7 nitrogen and oxygen atoms in total. The van der Waals surface area contributed by atoms with Crippen molar-refractivity contribution in [3.8, 4) is 5.69 Å². The number of hydrogen-bond donors (Lipinski definition) is 0. The first-order valence-corrected chi connectivity index (χ1v) is 15.8. The number of fused-ring (bicyclic) bond motifs is 8. The van der Waals surface area contributed by atoms with Gasteiger partial charge in [0.2, 0.25) is 0 Å². The van der Waals surface area contributed by atoms with E-state index in [4.69, 9.17) is 8.22 Å². The van der Waals surface area contributed by atoms with Crippen molar-refractivity contribution in [1.82, 2.24) is 24.5 Å². The van der Waals surface area contributed by atoms with Gasteiger partial charge in [0.1, 0.15) is 12.7 Å². The van der Waals surface area contributed by atoms with Crippen LogP contribution in [0.3, 0.4) is 0 Å². The van der Waals surface area contributed by atoms with Crippen molar-refractivity contribution in [1.29, 1.82) is 0 Å². The van der Waals surface area contributed by atoms with E-state index in [1.165, 1.54) is 24.0 Å². The van der Waals surface area contributed by atoms with Gasteiger partial charge >= 0.3 is 0 Å². The molecule has 0 saturated heterocycles. The summed E-state index contributed by atoms with van der Waals surface area (Å²) in [5, 5.41) is 1.52. The highest BCUT2D eigenvalue weighted by molar-refractivity contribution is 7.33. The average molecular weight is 632 g/mol. The molecule has 2 aliphatic heterocycles. The van der Waals surface area contributed by atoms with Gasteiger partial charge in [0, 0.05) is 47.0 Å². The molecule has 4 aromatic carbocycles. The molecular weight excluding hydrogens is 597 g/mol. The number of hydrogen-bond acceptors (Lipinski definition) is 7. The van der Waals surface area contributed by atoms with Crippen LogP contribution in [0.15, 0.2) is 122 Å². The van der Waals surface area contributed by atoms with Crippen molar-refractivity contribution in [2.75, 3.05) is 9.80 Å². The molecule has 0 saturated carbocycles. The summed E-state index contributed by atoms with van der Waals surface area (Å²) < 4.78 is 72.8. The molecule has 0 atom stereocenters. The second-order valence-electron chi connectivity index (χ2n) is 11.6. The topological polar surface area (TPSA) is 63.0 Å². The Morgan fingerprint density at radius 2 is 1.40 bits per heavy atom. The third-order valence-electron chi connectivity index (χ3n) is 8.93. The van der Waals surface area contributed by atoms with Gasteiger partial charge in [0.15, 0.2) is 0 Å². The van der Waals surface area contributed by atoms with Crippen LogP contribution in [0.1, 0.15) is 22.1 Å². The number of anilines is 6. The van der Waals surface area contributed by atoms with Crippen LogP contribution in [-0.2, 0) is 0 Å². The molecule has 47 heavy (non-hydrogen) atoms. The van der Waals surface area contributed by atoms with Gasteiger partial charge in [-0.2, -0.15) is 0 Å². The van der Waals surface area contributed by atoms with Gasteiger partial charge in [0.25, 0.3) is 6.71 Å². The van der Waals surface area contributed by atoms with Crippen molar-refractivity contribution in [2.45, 2.75) is 13.8 Å². The number of benzene rings is 4. The van der Waals surface area contributed by atoms with Crippen LogP contribution in [0, 0.1) is 13.8 Å². The minimum atomic E-state index is -2.36. The molecular formula is C38H26BN7S. The summed E-state index contributed by atoms with van der Waals surface area (Å²) in [7, 11) is 0. The molecule has 0 unspecified atom stereocenters. The van der Waals surface area contributed by atoms with E-state index in [2.05, 4.69) is 41.9 Å². The zero-order valence-electron chi connectivity index (χ0n) is 32.8. The lowest BCUT2D eigenvalue weighted by Crippen LogP contribution is -2.62. The minimum absolute atomic E-state index is 0.0241. The number of thiophene rings is 1. The van der Waals surface area contributed by atoms with Gasteiger partial charge in [-0.25, -0.2) is 19.9 Å². The van der Waals surface area contributed by atoms with Crippen LogP contribution in [0.4, 0.5) is 34.1 Å². The Balaban J connectivity index is 1.43. The van der Waals surface area contributed by atoms with E-state index in [1.54, 1.807) is 36.9 Å². The van der Waals surface area contributed by atoms with Gasteiger partial charge in [-0.3, -0.25) is 0 Å². The summed E-state index contributed by atoms with van der Waals surface area (Å²) in [6.45, 7) is -0.898. The van der Waals surface area contributed by atoms with Gasteiger partial charge in [0.05, 0.1) is 59.9 Å². The Hall–Kier alpha value is -5.80. The SMILES string of the molecule is [2H]c1c([2H])c([2H])c(-n2c3c(c4ccccc42)N(c2cncnc2)c2cc(C)cc4c2B3c2sc3ccc(C([2H])([2H])[2H])cc3c2N4c2cncnc2)c([2H])c1[2H]. The quantitative estimate of drug-likeness (QED) is 0.194. The normalized spacial score (nSPS) is 15.9. The maximum atomic E-state index is 9.23. The molecule has 9 heteroatoms. The van der Waals surface area contributed by atoms with Gasteiger partial charge < -0.3 is 14.4 Å². The maximum Gasteiger partial charge on any atom is 0.285 e. The van der Waals surface area contributed by atoms with E-state index in [-0.39, 0.29) is 23.3 Å². The average Bonchev–Trinajstić information content (AvgIpc) is 3.72. The Bertz CT molecular complexity index is 2890. The van der Waals surface area contributed by atoms with E-state index in [0.717, 1.165) is 54.0 Å². The van der Waals surface area contributed by atoms with E-state index in [0.29, 0.717) is 22.5 Å². The summed E-state index contributed by atoms with van der Waals surface area (Å²) in [5.74, 6) is 0. The number of aromatic nitrogens is 5. The van der Waals surface area contributed by atoms with Crippen molar-refractivity contribution < 1.29 is 11.0 Å². The second-order valence-corrected chi connectivity index (χ2v) is 12.7. The lowest BCUT2D eigenvalue weighted by molar-refractivity contribution is 1.12. The van der Waals surface area contributed by atoms with Crippen LogP contribution < -0.4 is 25.6 Å². The number of rotatable bonds is 3. The standard InChI is InChI=1S/C38H26BN7S/c1-23-12-13-33-29(14-23)36-38(47-33)39-34-31(15-24(2)16-32(34)45(36)27-19-42-22-43-20-27)44(26-17-40-21-41-18-26)35-28-10-6-7-11-30(28)46(37(35)39)25-8-4-3-5-9-25/h3-22H,1-2H3/i1D3,3D,4D,5D,8D,9D. The maximum absolute atomic E-state index is 9.23. The first-order chi connectivity index (χ1) is 26.5. The third kappa shape index (κ3) is 3.68. The molecule has 0 radical (unpaired) electrons. The van der Waals surface area contributed by atoms with E-state index >= 15 is 0 Å². The first-order valence-electron chi connectivity index (χ1n) is 19.0. The number of para-hydroxylation sites is 2. The van der Waals surface area contributed by atoms with Crippen molar-refractivity contribution in [3.63, 3.8) is 0 Å². The van der Waals surface area contributed by atoms with Crippen LogP contribution in [0.2, 0.25) is 0 Å². The highest BCUT2D eigenvalue weighted by Crippen LogP contribution is 2.49. The molecule has 0 amide bonds. The van der Waals surface area contributed by atoms with Gasteiger partial charge in [-0.15, -0.1) is 11.3 Å². The van der Waals surface area contributed by atoms with E-state index < -0.39 is 31.7 Å². The lowest BCUT2D eigenvalue weighted by atomic mass is 9.37. The predicted molar refractivity (Wildman–Crippen MR) is 193 cm³/mol. The Kier molecular flexibility index (Phi) is 4.12. The third-order valence-corrected chi connectivity index (χ3v) is 10.2. The van der Waals surface area contributed by atoms with Crippen molar-refractivity contribution >= 4 is 89.0 Å². The van der Waals surface area contributed by atoms with E-state index in [9.17, 15) is 2.74 Å². The second kappa shape index (κ2) is 9.85. The summed E-state index contributed by atoms with van der Waals surface area (Å²) in [6.07, 6.45) is 9.84. The molecule has 0 aliphatic carbocycles. The summed E-state index contributed by atoms with van der Waals surface area (Å²) in [4.78, 5) is 21.8. The van der Waals surface area contributed by atoms with E-state index in [1.807, 2.05) is 41.8 Å². The molecule has 0 fully saturated rings. The van der Waals surface area contributed by atoms with Crippen molar-refractivity contribution in [3.05, 3.63) is 133 Å². The molecule has 2 aliphatic rings. The van der Waals surface area contributed by atoms with Gasteiger partial charge in [-0.05, 0) is 67.2 Å². The zero-order valence-corrected chi connectivity index (χ0v) is 25.6. The molecule has 0 spiro atoms. The Morgan fingerprint density at radius 1 is 0.723 bits per heavy atom. The molecule has 0 N–H and O–H groups in total. The minimum Gasteiger partial charge on any atom is -0.319 e. The molecule has 6 heterocycles. The van der Waals surface area contributed by atoms with Gasteiger partial charge in [-0.1, -0.05) is 48.0 Å². The van der Waals surface area contributed by atoms with Crippen LogP contribution in [-0.4, -0.2) is 31.2 Å². The molecule has 4 aromatic heterocycles. The monoisotopic (exact) mass is 631 g/mol. The van der Waals surface area contributed by atoms with Crippen LogP contribution in [0.25, 0.3) is 26.7 Å². The lowest BCUT2D eigenvalue weighted by Gasteiger charge is -2.42. The number of aryl methyl sites for hydroxylation is 2. The zero-order chi connectivity index (χ0) is 38.1. The molecule has 222 valence electrons.